The molecule has 0 unspecified atom stereocenters. The number of benzene rings is 1. The second kappa shape index (κ2) is 8.67. The lowest BCUT2D eigenvalue weighted by molar-refractivity contribution is -0.117. The van der Waals surface area contributed by atoms with Gasteiger partial charge >= 0.3 is 0 Å². The summed E-state index contributed by atoms with van der Waals surface area (Å²) in [5.41, 5.74) is 0.998. The van der Waals surface area contributed by atoms with Crippen molar-refractivity contribution in [3.63, 3.8) is 0 Å². The van der Waals surface area contributed by atoms with E-state index in [-0.39, 0.29) is 11.8 Å². The zero-order chi connectivity index (χ0) is 18.4. The van der Waals surface area contributed by atoms with Crippen molar-refractivity contribution in [1.29, 1.82) is 0 Å². The first kappa shape index (κ1) is 18.2. The molecule has 1 aliphatic rings. The molecule has 0 bridgehead atoms. The van der Waals surface area contributed by atoms with Crippen molar-refractivity contribution in [3.05, 3.63) is 54.0 Å². The van der Waals surface area contributed by atoms with Gasteiger partial charge in [-0.25, -0.2) is 0 Å². The number of nitrogens with zero attached hydrogens (tertiary/aromatic N) is 1. The summed E-state index contributed by atoms with van der Waals surface area (Å²) in [6.07, 6.45) is 4.14. The lowest BCUT2D eigenvalue weighted by Crippen LogP contribution is -2.32. The Labute approximate surface area is 153 Å². The lowest BCUT2D eigenvalue weighted by atomic mass is 9.93. The number of hydrogen-bond donors (Lipinski definition) is 2. The van der Waals surface area contributed by atoms with Crippen molar-refractivity contribution in [1.82, 2.24) is 10.2 Å². The fourth-order valence-electron chi connectivity index (χ4n) is 3.20. The van der Waals surface area contributed by atoms with Crippen LogP contribution in [0.3, 0.4) is 0 Å². The van der Waals surface area contributed by atoms with Gasteiger partial charge in [-0.1, -0.05) is 12.1 Å². The maximum absolute atomic E-state index is 12.5. The van der Waals surface area contributed by atoms with Gasteiger partial charge in [-0.3, -0.25) is 9.59 Å². The van der Waals surface area contributed by atoms with Gasteiger partial charge in [0.2, 0.25) is 5.91 Å². The average molecular weight is 355 g/mol. The van der Waals surface area contributed by atoms with E-state index in [1.807, 2.05) is 6.07 Å². The van der Waals surface area contributed by atoms with Crippen LogP contribution < -0.4 is 10.6 Å². The van der Waals surface area contributed by atoms with Gasteiger partial charge in [0.25, 0.3) is 5.91 Å². The lowest BCUT2D eigenvalue weighted by Gasteiger charge is -2.28. The Balaban J connectivity index is 1.57. The van der Waals surface area contributed by atoms with Crippen LogP contribution >= 0.6 is 0 Å². The third-order valence-corrected chi connectivity index (χ3v) is 4.76. The van der Waals surface area contributed by atoms with Gasteiger partial charge in [0.05, 0.1) is 24.1 Å². The molecule has 2 N–H and O–H groups in total. The highest BCUT2D eigenvalue weighted by Gasteiger charge is 2.20. The summed E-state index contributed by atoms with van der Waals surface area (Å²) in [5.74, 6) is 0.815. The minimum Gasteiger partial charge on any atom is -0.467 e. The Morgan fingerprint density at radius 3 is 2.65 bits per heavy atom. The predicted octanol–water partition coefficient (Wildman–Crippen LogP) is 2.88. The number of likely N-dealkylation sites (tertiary alicyclic amines) is 1. The second-order valence-electron chi connectivity index (χ2n) is 6.81. The average Bonchev–Trinajstić information content (AvgIpc) is 3.16. The molecule has 1 aliphatic heterocycles. The number of carbonyl (C=O) groups excluding carboxylic acids is 2. The first-order chi connectivity index (χ1) is 12.6. The van der Waals surface area contributed by atoms with E-state index in [9.17, 15) is 9.59 Å². The Kier molecular flexibility index (Phi) is 6.07. The molecular formula is C20H25N3O3. The Morgan fingerprint density at radius 2 is 1.92 bits per heavy atom. The Morgan fingerprint density at radius 1 is 1.15 bits per heavy atom. The van der Waals surface area contributed by atoms with Crippen molar-refractivity contribution < 1.29 is 14.0 Å². The molecule has 6 nitrogen and oxygen atoms in total. The number of amides is 2. The quantitative estimate of drug-likeness (QED) is 0.836. The standard InChI is InChI=1S/C20H25N3O3/c1-23-10-8-15(9-11-23)13-19(24)22-18-7-3-2-6-17(18)20(25)21-14-16-5-4-12-26-16/h2-7,12,15H,8-11,13-14H2,1H3,(H,21,25)(H,22,24). The third kappa shape index (κ3) is 4.95. The van der Waals surface area contributed by atoms with E-state index in [2.05, 4.69) is 22.6 Å². The largest absolute Gasteiger partial charge is 0.467 e. The van der Waals surface area contributed by atoms with Crippen molar-refractivity contribution in [2.45, 2.75) is 25.8 Å². The van der Waals surface area contributed by atoms with Gasteiger partial charge in [-0.2, -0.15) is 0 Å². The van der Waals surface area contributed by atoms with E-state index in [4.69, 9.17) is 4.42 Å². The molecule has 1 aromatic carbocycles. The maximum Gasteiger partial charge on any atom is 0.253 e. The highest BCUT2D eigenvalue weighted by Crippen LogP contribution is 2.21. The molecule has 1 aromatic heterocycles. The van der Waals surface area contributed by atoms with Crippen molar-refractivity contribution >= 4 is 17.5 Å². The first-order valence-corrected chi connectivity index (χ1v) is 9.00. The number of piperidine rings is 1. The van der Waals surface area contributed by atoms with E-state index >= 15 is 0 Å². The summed E-state index contributed by atoms with van der Waals surface area (Å²) in [4.78, 5) is 27.2. The van der Waals surface area contributed by atoms with Crippen LogP contribution in [0.1, 0.15) is 35.4 Å². The fraction of sp³-hybridized carbons (Fsp3) is 0.400. The predicted molar refractivity (Wildman–Crippen MR) is 99.8 cm³/mol. The summed E-state index contributed by atoms with van der Waals surface area (Å²) >= 11 is 0. The zero-order valence-corrected chi connectivity index (χ0v) is 15.0. The Hall–Kier alpha value is -2.60. The fourth-order valence-corrected chi connectivity index (χ4v) is 3.20. The van der Waals surface area contributed by atoms with Crippen LogP contribution in [0.2, 0.25) is 0 Å². The van der Waals surface area contributed by atoms with E-state index in [1.165, 1.54) is 0 Å². The van der Waals surface area contributed by atoms with Crippen LogP contribution in [0.15, 0.2) is 47.1 Å². The molecule has 138 valence electrons. The number of furan rings is 1. The maximum atomic E-state index is 12.5. The van der Waals surface area contributed by atoms with Crippen LogP contribution in [0.4, 0.5) is 5.69 Å². The summed E-state index contributed by atoms with van der Waals surface area (Å²) in [6, 6.07) is 10.6. The molecule has 0 atom stereocenters. The smallest absolute Gasteiger partial charge is 0.253 e. The minimum absolute atomic E-state index is 0.0363. The number of rotatable bonds is 6. The highest BCUT2D eigenvalue weighted by molar-refractivity contribution is 6.03. The molecule has 0 saturated carbocycles. The molecule has 0 aliphatic carbocycles. The molecule has 1 fully saturated rings. The molecule has 2 aromatic rings. The first-order valence-electron chi connectivity index (χ1n) is 9.00. The minimum atomic E-state index is -0.239. The van der Waals surface area contributed by atoms with Gasteiger partial charge in [0, 0.05) is 6.42 Å². The van der Waals surface area contributed by atoms with Crippen LogP contribution in [0, 0.1) is 5.92 Å². The summed E-state index contributed by atoms with van der Waals surface area (Å²) < 4.78 is 5.22. The molecule has 3 rings (SSSR count). The number of nitrogens with one attached hydrogen (secondary N) is 2. The van der Waals surface area contributed by atoms with Crippen molar-refractivity contribution in [2.75, 3.05) is 25.5 Å². The molecule has 0 radical (unpaired) electrons. The zero-order valence-electron chi connectivity index (χ0n) is 15.0. The number of hydrogen-bond acceptors (Lipinski definition) is 4. The van der Waals surface area contributed by atoms with Gasteiger partial charge in [0.15, 0.2) is 0 Å². The van der Waals surface area contributed by atoms with Crippen LogP contribution in [0.25, 0.3) is 0 Å². The van der Waals surface area contributed by atoms with E-state index in [1.54, 1.807) is 36.6 Å². The molecule has 6 heteroatoms. The van der Waals surface area contributed by atoms with Crippen LogP contribution in [0.5, 0.6) is 0 Å². The van der Waals surface area contributed by atoms with Gasteiger partial charge in [-0.15, -0.1) is 0 Å². The Bertz CT molecular complexity index is 735. The molecule has 2 amide bonds. The SMILES string of the molecule is CN1CCC(CC(=O)Nc2ccccc2C(=O)NCc2ccco2)CC1. The monoisotopic (exact) mass is 355 g/mol. The van der Waals surface area contributed by atoms with Crippen molar-refractivity contribution in [3.8, 4) is 0 Å². The van der Waals surface area contributed by atoms with Crippen molar-refractivity contribution in [2.24, 2.45) is 5.92 Å². The summed E-state index contributed by atoms with van der Waals surface area (Å²) in [7, 11) is 2.11. The number of para-hydroxylation sites is 1. The third-order valence-electron chi connectivity index (χ3n) is 4.76. The van der Waals surface area contributed by atoms with Crippen LogP contribution in [-0.4, -0.2) is 36.9 Å². The van der Waals surface area contributed by atoms with Gasteiger partial charge < -0.3 is 20.0 Å². The van der Waals surface area contributed by atoms with E-state index < -0.39 is 0 Å². The molecule has 0 spiro atoms. The normalized spacial score (nSPS) is 15.6. The van der Waals surface area contributed by atoms with Crippen LogP contribution in [-0.2, 0) is 11.3 Å². The van der Waals surface area contributed by atoms with Gasteiger partial charge in [-0.05, 0) is 63.2 Å². The number of anilines is 1. The highest BCUT2D eigenvalue weighted by atomic mass is 16.3. The topological polar surface area (TPSA) is 74.6 Å². The summed E-state index contributed by atoms with van der Waals surface area (Å²) in [5, 5.41) is 5.72. The molecule has 1 saturated heterocycles. The summed E-state index contributed by atoms with van der Waals surface area (Å²) in [6.45, 7) is 2.37. The number of carbonyl (C=O) groups is 2. The molecule has 26 heavy (non-hydrogen) atoms. The van der Waals surface area contributed by atoms with E-state index in [0.717, 1.165) is 25.9 Å². The van der Waals surface area contributed by atoms with E-state index in [0.29, 0.717) is 35.9 Å². The molecular weight excluding hydrogens is 330 g/mol. The molecule has 2 heterocycles. The van der Waals surface area contributed by atoms with Gasteiger partial charge in [0.1, 0.15) is 5.76 Å². The second-order valence-corrected chi connectivity index (χ2v) is 6.81.